The van der Waals surface area contributed by atoms with Crippen LogP contribution >= 0.6 is 0 Å². The number of nitrogens with zero attached hydrogens (tertiary/aromatic N) is 2. The highest BCUT2D eigenvalue weighted by Gasteiger charge is 2.34. The summed E-state index contributed by atoms with van der Waals surface area (Å²) in [5.74, 6) is -3.45. The number of rotatable bonds is 11. The maximum Gasteiger partial charge on any atom is 0.329 e. The van der Waals surface area contributed by atoms with E-state index in [0.29, 0.717) is 25.7 Å². The van der Waals surface area contributed by atoms with Crippen molar-refractivity contribution < 1.29 is 38.2 Å². The molecule has 2 atom stereocenters. The van der Waals surface area contributed by atoms with E-state index in [0.717, 1.165) is 34.1 Å². The van der Waals surface area contributed by atoms with Crippen LogP contribution in [0.3, 0.4) is 0 Å². The summed E-state index contributed by atoms with van der Waals surface area (Å²) in [5.41, 5.74) is 0. The van der Waals surface area contributed by atoms with Gasteiger partial charge in [0.05, 0.1) is 13.2 Å². The zero-order valence-corrected chi connectivity index (χ0v) is 16.9. The van der Waals surface area contributed by atoms with Crippen LogP contribution in [0, 0.1) is 0 Å². The molecule has 2 aliphatic rings. The Bertz CT molecular complexity index is 699. The number of unbranched alkanes of at least 4 members (excludes halogenated alkanes) is 3. The predicted molar refractivity (Wildman–Crippen MR) is 101 cm³/mol. The third-order valence-electron chi connectivity index (χ3n) is 4.67. The molecule has 2 unspecified atom stereocenters. The van der Waals surface area contributed by atoms with E-state index in [9.17, 15) is 28.8 Å². The first-order chi connectivity index (χ1) is 14.2. The highest BCUT2D eigenvalue weighted by atomic mass is 16.5. The quantitative estimate of drug-likeness (QED) is 0.265. The van der Waals surface area contributed by atoms with Gasteiger partial charge in [0.2, 0.25) is 0 Å². The minimum atomic E-state index is -0.981. The van der Waals surface area contributed by atoms with Crippen LogP contribution in [0.5, 0.6) is 0 Å². The average Bonchev–Trinajstić information content (AvgIpc) is 3.22. The van der Waals surface area contributed by atoms with Gasteiger partial charge in [0.25, 0.3) is 23.6 Å². The lowest BCUT2D eigenvalue weighted by molar-refractivity contribution is -0.157. The Balaban J connectivity index is 1.54. The van der Waals surface area contributed by atoms with E-state index in [4.69, 9.17) is 9.47 Å². The molecule has 0 saturated carbocycles. The molecule has 0 saturated heterocycles. The van der Waals surface area contributed by atoms with Crippen LogP contribution in [0.15, 0.2) is 24.3 Å². The van der Waals surface area contributed by atoms with Crippen LogP contribution in [0.2, 0.25) is 0 Å². The molecule has 0 N–H and O–H groups in total. The van der Waals surface area contributed by atoms with Gasteiger partial charge in [-0.25, -0.2) is 9.59 Å². The average molecular weight is 420 g/mol. The summed E-state index contributed by atoms with van der Waals surface area (Å²) in [6.07, 6.45) is 7.01. The van der Waals surface area contributed by atoms with E-state index < -0.39 is 47.7 Å². The fourth-order valence-electron chi connectivity index (χ4n) is 2.94. The zero-order valence-electron chi connectivity index (χ0n) is 16.9. The molecule has 162 valence electrons. The maximum atomic E-state index is 11.9. The molecule has 0 radical (unpaired) electrons. The molecule has 0 aromatic heterocycles. The van der Waals surface area contributed by atoms with E-state index in [1.165, 1.54) is 13.8 Å². The van der Waals surface area contributed by atoms with Gasteiger partial charge in [0.1, 0.15) is 12.1 Å². The molecule has 2 heterocycles. The van der Waals surface area contributed by atoms with Crippen LogP contribution in [0.25, 0.3) is 0 Å². The fraction of sp³-hybridized carbons (Fsp3) is 0.500. The second-order valence-corrected chi connectivity index (χ2v) is 6.86. The van der Waals surface area contributed by atoms with Gasteiger partial charge in [-0.05, 0) is 39.5 Å². The third kappa shape index (κ3) is 5.62. The Morgan fingerprint density at radius 1 is 0.667 bits per heavy atom. The van der Waals surface area contributed by atoms with Crippen LogP contribution in [-0.2, 0) is 38.2 Å². The van der Waals surface area contributed by atoms with Crippen molar-refractivity contribution in [2.24, 2.45) is 0 Å². The molecule has 0 aromatic rings. The molecule has 30 heavy (non-hydrogen) atoms. The third-order valence-corrected chi connectivity index (χ3v) is 4.67. The minimum absolute atomic E-state index is 0.149. The van der Waals surface area contributed by atoms with Crippen molar-refractivity contribution >= 4 is 35.6 Å². The van der Waals surface area contributed by atoms with Gasteiger partial charge in [0, 0.05) is 24.3 Å². The van der Waals surface area contributed by atoms with Crippen LogP contribution < -0.4 is 0 Å². The first-order valence-electron chi connectivity index (χ1n) is 9.67. The van der Waals surface area contributed by atoms with Gasteiger partial charge in [-0.2, -0.15) is 0 Å². The molecule has 0 bridgehead atoms. The highest BCUT2D eigenvalue weighted by molar-refractivity contribution is 6.15. The normalized spacial score (nSPS) is 17.7. The molecule has 2 aliphatic heterocycles. The monoisotopic (exact) mass is 420 g/mol. The van der Waals surface area contributed by atoms with Gasteiger partial charge in [-0.1, -0.05) is 0 Å². The number of amides is 4. The summed E-state index contributed by atoms with van der Waals surface area (Å²) in [7, 11) is 0. The van der Waals surface area contributed by atoms with E-state index >= 15 is 0 Å². The van der Waals surface area contributed by atoms with Crippen molar-refractivity contribution in [1.82, 2.24) is 9.80 Å². The van der Waals surface area contributed by atoms with Crippen LogP contribution in [0.1, 0.15) is 39.5 Å². The van der Waals surface area contributed by atoms with E-state index in [1.54, 1.807) is 0 Å². The van der Waals surface area contributed by atoms with Crippen molar-refractivity contribution in [2.75, 3.05) is 13.2 Å². The molecule has 0 spiro atoms. The van der Waals surface area contributed by atoms with E-state index in [2.05, 4.69) is 0 Å². The molecule has 4 amide bonds. The predicted octanol–water partition coefficient (Wildman–Crippen LogP) is 0.260. The molecule has 10 heteroatoms. The second kappa shape index (κ2) is 10.5. The smallest absolute Gasteiger partial charge is 0.329 e. The lowest BCUT2D eigenvalue weighted by atomic mass is 10.2. The first kappa shape index (κ1) is 23.0. The standard InChI is InChI=1S/C20H24N2O8/c1-13(21-15(23)7-8-16(21)24)19(27)29-11-5-3-4-6-12-30-20(28)14(2)22-17(25)9-10-18(22)26/h7-10,13-14H,3-6,11-12H2,1-2H3. The number of hydrogen-bond donors (Lipinski definition) is 0. The van der Waals surface area contributed by atoms with Crippen molar-refractivity contribution in [1.29, 1.82) is 0 Å². The fourth-order valence-corrected chi connectivity index (χ4v) is 2.94. The number of ether oxygens (including phenoxy) is 2. The Morgan fingerprint density at radius 2 is 0.967 bits per heavy atom. The lowest BCUT2D eigenvalue weighted by Gasteiger charge is -2.21. The molecular weight excluding hydrogens is 396 g/mol. The van der Waals surface area contributed by atoms with Gasteiger partial charge < -0.3 is 9.47 Å². The SMILES string of the molecule is CC(C(=O)OCCCCCCOC(=O)C(C)N1C(=O)C=CC1=O)N1C(=O)C=CC1=O. The van der Waals surface area contributed by atoms with E-state index in [1.807, 2.05) is 0 Å². The van der Waals surface area contributed by atoms with Gasteiger partial charge in [0.15, 0.2) is 0 Å². The van der Waals surface area contributed by atoms with Gasteiger partial charge in [-0.3, -0.25) is 29.0 Å². The lowest BCUT2D eigenvalue weighted by Crippen LogP contribution is -2.43. The summed E-state index contributed by atoms with van der Waals surface area (Å²) in [6, 6.07) is -1.96. The topological polar surface area (TPSA) is 127 Å². The Morgan fingerprint density at radius 3 is 1.27 bits per heavy atom. The molecule has 2 rings (SSSR count). The molecule has 0 fully saturated rings. The molecule has 0 aliphatic carbocycles. The molecule has 0 aromatic carbocycles. The Kier molecular flexibility index (Phi) is 8.02. The van der Waals surface area contributed by atoms with Gasteiger partial charge in [-0.15, -0.1) is 0 Å². The maximum absolute atomic E-state index is 11.9. The summed E-state index contributed by atoms with van der Waals surface area (Å²) < 4.78 is 10.2. The first-order valence-corrected chi connectivity index (χ1v) is 9.67. The summed E-state index contributed by atoms with van der Waals surface area (Å²) in [4.78, 5) is 71.7. The number of hydrogen-bond acceptors (Lipinski definition) is 8. The summed E-state index contributed by atoms with van der Waals surface area (Å²) >= 11 is 0. The Labute approximate surface area is 173 Å². The van der Waals surface area contributed by atoms with Crippen molar-refractivity contribution in [3.8, 4) is 0 Å². The largest absolute Gasteiger partial charge is 0.464 e. The summed E-state index contributed by atoms with van der Waals surface area (Å²) in [6.45, 7) is 3.16. The minimum Gasteiger partial charge on any atom is -0.464 e. The summed E-state index contributed by atoms with van der Waals surface area (Å²) in [5, 5.41) is 0. The van der Waals surface area contributed by atoms with Crippen molar-refractivity contribution in [3.63, 3.8) is 0 Å². The number of carbonyl (C=O) groups is 6. The second-order valence-electron chi connectivity index (χ2n) is 6.86. The zero-order chi connectivity index (χ0) is 22.3. The van der Waals surface area contributed by atoms with Crippen LogP contribution in [0.4, 0.5) is 0 Å². The van der Waals surface area contributed by atoms with Gasteiger partial charge >= 0.3 is 11.9 Å². The number of carbonyl (C=O) groups excluding carboxylic acids is 6. The van der Waals surface area contributed by atoms with E-state index in [-0.39, 0.29) is 13.2 Å². The number of esters is 2. The Hall–Kier alpha value is -3.30. The highest BCUT2D eigenvalue weighted by Crippen LogP contribution is 2.12. The molecule has 10 nitrogen and oxygen atoms in total. The number of imide groups is 2. The van der Waals surface area contributed by atoms with Crippen molar-refractivity contribution in [2.45, 2.75) is 51.6 Å². The van der Waals surface area contributed by atoms with Crippen LogP contribution in [-0.4, -0.2) is 70.7 Å². The van der Waals surface area contributed by atoms with Crippen molar-refractivity contribution in [3.05, 3.63) is 24.3 Å². The molecular formula is C20H24N2O8.